The van der Waals surface area contributed by atoms with Gasteiger partial charge in [-0.25, -0.2) is 0 Å². The van der Waals surface area contributed by atoms with E-state index in [9.17, 15) is 0 Å². The molecule has 2 nitrogen and oxygen atoms in total. The minimum Gasteiger partial charge on any atom is -0.369 e. The quantitative estimate of drug-likeness (QED) is 0.814. The predicted octanol–water partition coefficient (Wildman–Crippen LogP) is 4.47. The summed E-state index contributed by atoms with van der Waals surface area (Å²) in [4.78, 5) is 3.90. The van der Waals surface area contributed by atoms with Gasteiger partial charge in [-0.15, -0.1) is 23.7 Å². The summed E-state index contributed by atoms with van der Waals surface area (Å²) in [7, 11) is 0. The molecular formula is C16H20BrClN2S. The van der Waals surface area contributed by atoms with Gasteiger partial charge in [0.05, 0.1) is 0 Å². The highest BCUT2D eigenvalue weighted by Crippen LogP contribution is 2.30. The second kappa shape index (κ2) is 7.63. The van der Waals surface area contributed by atoms with Crippen molar-refractivity contribution in [3.8, 4) is 0 Å². The minimum absolute atomic E-state index is 0. The SMILES string of the molecule is CC(CN1CCc2ccc(Br)cc21)NCc1cccs1.Cl. The van der Waals surface area contributed by atoms with Crippen molar-refractivity contribution in [2.24, 2.45) is 0 Å². The molecule has 0 bridgehead atoms. The third-order valence-electron chi connectivity index (χ3n) is 3.74. The van der Waals surface area contributed by atoms with Crippen molar-refractivity contribution in [1.29, 1.82) is 0 Å². The highest BCUT2D eigenvalue weighted by atomic mass is 79.9. The molecule has 1 unspecified atom stereocenters. The molecule has 5 heteroatoms. The molecule has 1 aromatic carbocycles. The van der Waals surface area contributed by atoms with Crippen molar-refractivity contribution in [2.45, 2.75) is 25.9 Å². The zero-order valence-electron chi connectivity index (χ0n) is 12.0. The lowest BCUT2D eigenvalue weighted by molar-refractivity contribution is 0.542. The third kappa shape index (κ3) is 4.22. The van der Waals surface area contributed by atoms with Gasteiger partial charge in [-0.3, -0.25) is 0 Å². The lowest BCUT2D eigenvalue weighted by Crippen LogP contribution is -2.38. The fourth-order valence-corrected chi connectivity index (χ4v) is 3.70. The fraction of sp³-hybridized carbons (Fsp3) is 0.375. The van der Waals surface area contributed by atoms with E-state index in [1.54, 1.807) is 0 Å². The molecule has 1 aliphatic rings. The highest BCUT2D eigenvalue weighted by Gasteiger charge is 2.20. The van der Waals surface area contributed by atoms with E-state index in [4.69, 9.17) is 0 Å². The Balaban J connectivity index is 0.00000161. The van der Waals surface area contributed by atoms with Crippen molar-refractivity contribution < 1.29 is 0 Å². The summed E-state index contributed by atoms with van der Waals surface area (Å²) in [6.07, 6.45) is 1.17. The van der Waals surface area contributed by atoms with Gasteiger partial charge < -0.3 is 10.2 Å². The Morgan fingerprint density at radius 3 is 3.00 bits per heavy atom. The zero-order chi connectivity index (χ0) is 13.9. The maximum atomic E-state index is 3.61. The smallest absolute Gasteiger partial charge is 0.0411 e. The normalized spacial score (nSPS) is 14.7. The molecule has 114 valence electrons. The van der Waals surface area contributed by atoms with Crippen LogP contribution in [0.1, 0.15) is 17.4 Å². The third-order valence-corrected chi connectivity index (χ3v) is 5.11. The first-order valence-electron chi connectivity index (χ1n) is 7.01. The zero-order valence-corrected chi connectivity index (χ0v) is 15.2. The van der Waals surface area contributed by atoms with Gasteiger partial charge in [-0.2, -0.15) is 0 Å². The molecule has 0 saturated carbocycles. The van der Waals surface area contributed by atoms with E-state index < -0.39 is 0 Å². The standard InChI is InChI=1S/C16H19BrN2S.ClH/c1-12(18-10-15-3-2-8-20-15)11-19-7-6-13-4-5-14(17)9-16(13)19;/h2-5,8-9,12,18H,6-7,10-11H2,1H3;1H. The largest absolute Gasteiger partial charge is 0.369 e. The lowest BCUT2D eigenvalue weighted by Gasteiger charge is -2.24. The number of halogens is 2. The van der Waals surface area contributed by atoms with E-state index in [1.165, 1.54) is 27.0 Å². The van der Waals surface area contributed by atoms with E-state index >= 15 is 0 Å². The van der Waals surface area contributed by atoms with Crippen LogP contribution in [-0.4, -0.2) is 19.1 Å². The molecule has 3 rings (SSSR count). The van der Waals surface area contributed by atoms with Crippen LogP contribution in [0.25, 0.3) is 0 Å². The molecule has 1 aliphatic heterocycles. The summed E-state index contributed by atoms with van der Waals surface area (Å²) in [6, 6.07) is 11.4. The molecule has 0 fully saturated rings. The average molecular weight is 388 g/mol. The second-order valence-electron chi connectivity index (χ2n) is 5.33. The van der Waals surface area contributed by atoms with Crippen LogP contribution in [-0.2, 0) is 13.0 Å². The van der Waals surface area contributed by atoms with Gasteiger partial charge >= 0.3 is 0 Å². The number of fused-ring (bicyclic) bond motifs is 1. The van der Waals surface area contributed by atoms with Crippen LogP contribution in [0.3, 0.4) is 0 Å². The number of rotatable bonds is 5. The number of benzene rings is 1. The monoisotopic (exact) mass is 386 g/mol. The average Bonchev–Trinajstić information content (AvgIpc) is 3.07. The number of thiophene rings is 1. The molecule has 1 N–H and O–H groups in total. The Morgan fingerprint density at radius 1 is 1.38 bits per heavy atom. The molecule has 1 atom stereocenters. The number of hydrogen-bond acceptors (Lipinski definition) is 3. The summed E-state index contributed by atoms with van der Waals surface area (Å²) in [5.74, 6) is 0. The molecule has 0 radical (unpaired) electrons. The Hall–Kier alpha value is -0.550. The first-order chi connectivity index (χ1) is 9.72. The van der Waals surface area contributed by atoms with E-state index in [1.807, 2.05) is 11.3 Å². The van der Waals surface area contributed by atoms with Crippen LogP contribution >= 0.6 is 39.7 Å². The summed E-state index contributed by atoms with van der Waals surface area (Å²) < 4.78 is 1.17. The van der Waals surface area contributed by atoms with Crippen molar-refractivity contribution >= 4 is 45.4 Å². The van der Waals surface area contributed by atoms with E-state index in [-0.39, 0.29) is 12.4 Å². The van der Waals surface area contributed by atoms with Crippen molar-refractivity contribution in [3.63, 3.8) is 0 Å². The molecule has 0 saturated heterocycles. The van der Waals surface area contributed by atoms with Gasteiger partial charge in [0.2, 0.25) is 0 Å². The maximum Gasteiger partial charge on any atom is 0.0411 e. The second-order valence-corrected chi connectivity index (χ2v) is 7.28. The highest BCUT2D eigenvalue weighted by molar-refractivity contribution is 9.10. The molecule has 21 heavy (non-hydrogen) atoms. The lowest BCUT2D eigenvalue weighted by atomic mass is 10.2. The predicted molar refractivity (Wildman–Crippen MR) is 97.9 cm³/mol. The fourth-order valence-electron chi connectivity index (χ4n) is 2.69. The molecule has 0 aliphatic carbocycles. The van der Waals surface area contributed by atoms with Crippen LogP contribution in [0.2, 0.25) is 0 Å². The first kappa shape index (κ1) is 16.8. The Kier molecular flexibility index (Phi) is 6.11. The summed E-state index contributed by atoms with van der Waals surface area (Å²) in [5, 5.41) is 5.75. The van der Waals surface area contributed by atoms with Crippen LogP contribution in [0.5, 0.6) is 0 Å². The van der Waals surface area contributed by atoms with Gasteiger partial charge in [-0.05, 0) is 42.5 Å². The molecule has 1 aromatic heterocycles. The Bertz CT molecular complexity index is 574. The van der Waals surface area contributed by atoms with Gasteiger partial charge in [0.1, 0.15) is 0 Å². The number of nitrogens with one attached hydrogen (secondary N) is 1. The molecule has 2 heterocycles. The summed E-state index contributed by atoms with van der Waals surface area (Å²) in [6.45, 7) is 5.44. The Labute approximate surface area is 145 Å². The number of hydrogen-bond donors (Lipinski definition) is 1. The molecule has 0 spiro atoms. The van der Waals surface area contributed by atoms with Crippen LogP contribution in [0.4, 0.5) is 5.69 Å². The van der Waals surface area contributed by atoms with Crippen molar-refractivity contribution in [1.82, 2.24) is 5.32 Å². The van der Waals surface area contributed by atoms with Gasteiger partial charge in [-0.1, -0.05) is 28.1 Å². The van der Waals surface area contributed by atoms with E-state index in [2.05, 4.69) is 68.8 Å². The van der Waals surface area contributed by atoms with Gasteiger partial charge in [0.25, 0.3) is 0 Å². The van der Waals surface area contributed by atoms with Gasteiger partial charge in [0.15, 0.2) is 0 Å². The van der Waals surface area contributed by atoms with Crippen LogP contribution in [0.15, 0.2) is 40.2 Å². The summed E-state index contributed by atoms with van der Waals surface area (Å²) >= 11 is 5.39. The van der Waals surface area contributed by atoms with E-state index in [0.717, 1.165) is 19.6 Å². The molecular weight excluding hydrogens is 368 g/mol. The minimum atomic E-state index is 0. The number of anilines is 1. The van der Waals surface area contributed by atoms with Crippen molar-refractivity contribution in [3.05, 3.63) is 50.6 Å². The number of nitrogens with zero attached hydrogens (tertiary/aromatic N) is 1. The van der Waals surface area contributed by atoms with Gasteiger partial charge in [0, 0.05) is 40.7 Å². The molecule has 2 aromatic rings. The Morgan fingerprint density at radius 2 is 2.24 bits per heavy atom. The topological polar surface area (TPSA) is 15.3 Å². The maximum absolute atomic E-state index is 3.61. The first-order valence-corrected chi connectivity index (χ1v) is 8.69. The van der Waals surface area contributed by atoms with Crippen LogP contribution in [0, 0.1) is 0 Å². The van der Waals surface area contributed by atoms with Crippen molar-refractivity contribution in [2.75, 3.05) is 18.0 Å². The molecule has 0 amide bonds. The van der Waals surface area contributed by atoms with E-state index in [0.29, 0.717) is 6.04 Å². The summed E-state index contributed by atoms with van der Waals surface area (Å²) in [5.41, 5.74) is 2.86. The van der Waals surface area contributed by atoms with Crippen LogP contribution < -0.4 is 10.2 Å².